The van der Waals surface area contributed by atoms with E-state index < -0.39 is 12.6 Å². The highest BCUT2D eigenvalue weighted by atomic mass is 16.5. The van der Waals surface area contributed by atoms with Gasteiger partial charge in [0.1, 0.15) is 19.0 Å². The molecular weight excluding hydrogens is 274 g/mol. The molecule has 1 unspecified atom stereocenters. The quantitative estimate of drug-likeness (QED) is 0.756. The fraction of sp³-hybridized carbons (Fsp3) is 0.467. The number of carboxylic acids is 1. The molecule has 1 saturated carbocycles. The summed E-state index contributed by atoms with van der Waals surface area (Å²) < 4.78 is 9.92. The Kier molecular flexibility index (Phi) is 5.16. The van der Waals surface area contributed by atoms with Crippen molar-refractivity contribution in [2.24, 2.45) is 5.92 Å². The van der Waals surface area contributed by atoms with Crippen molar-refractivity contribution in [1.29, 1.82) is 0 Å². The molecule has 0 bridgehead atoms. The molecule has 0 saturated heterocycles. The number of carbonyl (C=O) groups is 2. The normalized spacial score (nSPS) is 15.3. The topological polar surface area (TPSA) is 84.9 Å². The van der Waals surface area contributed by atoms with Gasteiger partial charge < -0.3 is 19.9 Å². The van der Waals surface area contributed by atoms with E-state index in [0.717, 1.165) is 24.2 Å². The average Bonchev–Trinajstić information content (AvgIpc) is 3.29. The van der Waals surface area contributed by atoms with Crippen LogP contribution in [-0.4, -0.2) is 37.3 Å². The average molecular weight is 293 g/mol. The molecule has 1 amide bonds. The molecule has 0 aromatic heterocycles. The summed E-state index contributed by atoms with van der Waals surface area (Å²) in [6.07, 6.45) is 2.15. The van der Waals surface area contributed by atoms with Crippen LogP contribution in [0, 0.1) is 5.92 Å². The van der Waals surface area contributed by atoms with Crippen molar-refractivity contribution in [3.8, 4) is 5.75 Å². The van der Waals surface area contributed by atoms with E-state index >= 15 is 0 Å². The Bertz CT molecular complexity index is 495. The lowest BCUT2D eigenvalue weighted by Gasteiger charge is -2.19. The van der Waals surface area contributed by atoms with Crippen LogP contribution in [0.25, 0.3) is 0 Å². The molecule has 1 aromatic carbocycles. The third kappa shape index (κ3) is 4.75. The molecule has 6 heteroatoms. The van der Waals surface area contributed by atoms with E-state index in [4.69, 9.17) is 14.6 Å². The van der Waals surface area contributed by atoms with E-state index in [2.05, 4.69) is 5.32 Å². The van der Waals surface area contributed by atoms with Crippen LogP contribution in [0.2, 0.25) is 0 Å². The van der Waals surface area contributed by atoms with Crippen molar-refractivity contribution in [2.45, 2.75) is 18.9 Å². The number of benzene rings is 1. The summed E-state index contributed by atoms with van der Waals surface area (Å²) in [6, 6.07) is 7.52. The van der Waals surface area contributed by atoms with Gasteiger partial charge >= 0.3 is 5.97 Å². The monoisotopic (exact) mass is 293 g/mol. The fourth-order valence-electron chi connectivity index (χ4n) is 2.16. The maximum absolute atomic E-state index is 11.8. The van der Waals surface area contributed by atoms with Gasteiger partial charge in [0.2, 0.25) is 5.91 Å². The lowest BCUT2D eigenvalue weighted by molar-refractivity contribution is -0.143. The number of rotatable bonds is 8. The highest BCUT2D eigenvalue weighted by molar-refractivity contribution is 5.78. The van der Waals surface area contributed by atoms with Crippen molar-refractivity contribution in [2.75, 3.05) is 20.3 Å². The van der Waals surface area contributed by atoms with Gasteiger partial charge in [-0.15, -0.1) is 0 Å². The summed E-state index contributed by atoms with van der Waals surface area (Å²) in [6.45, 7) is -0.713. The number of carbonyl (C=O) groups excluding carboxylic acids is 1. The van der Waals surface area contributed by atoms with Crippen molar-refractivity contribution in [3.05, 3.63) is 29.8 Å². The smallest absolute Gasteiger partial charge is 0.329 e. The maximum Gasteiger partial charge on any atom is 0.329 e. The highest BCUT2D eigenvalue weighted by Gasteiger charge is 2.33. The van der Waals surface area contributed by atoms with Crippen LogP contribution in [0.1, 0.15) is 24.4 Å². The summed E-state index contributed by atoms with van der Waals surface area (Å²) in [5, 5.41) is 11.4. The second-order valence-electron chi connectivity index (χ2n) is 5.04. The first-order valence-electron chi connectivity index (χ1n) is 6.83. The number of hydrogen-bond donors (Lipinski definition) is 2. The van der Waals surface area contributed by atoms with Crippen LogP contribution >= 0.6 is 0 Å². The molecule has 1 atom stereocenters. The number of nitrogens with one attached hydrogen (secondary N) is 1. The third-order valence-corrected chi connectivity index (χ3v) is 3.34. The Morgan fingerprint density at radius 1 is 1.29 bits per heavy atom. The number of amides is 1. The largest absolute Gasteiger partial charge is 0.497 e. The van der Waals surface area contributed by atoms with Crippen LogP contribution in [0.3, 0.4) is 0 Å². The first kappa shape index (κ1) is 15.3. The van der Waals surface area contributed by atoms with Gasteiger partial charge in [0.25, 0.3) is 0 Å². The van der Waals surface area contributed by atoms with Gasteiger partial charge in [-0.3, -0.25) is 4.79 Å². The Morgan fingerprint density at radius 2 is 1.95 bits per heavy atom. The van der Waals surface area contributed by atoms with E-state index in [1.54, 1.807) is 7.11 Å². The third-order valence-electron chi connectivity index (χ3n) is 3.34. The van der Waals surface area contributed by atoms with Gasteiger partial charge in [-0.25, -0.2) is 4.79 Å². The predicted molar refractivity (Wildman–Crippen MR) is 75.1 cm³/mol. The van der Waals surface area contributed by atoms with Gasteiger partial charge in [-0.2, -0.15) is 0 Å². The molecule has 1 aliphatic rings. The zero-order valence-corrected chi connectivity index (χ0v) is 11.9. The van der Waals surface area contributed by atoms with Crippen molar-refractivity contribution in [3.63, 3.8) is 0 Å². The molecule has 6 nitrogen and oxygen atoms in total. The van der Waals surface area contributed by atoms with Crippen molar-refractivity contribution in [1.82, 2.24) is 5.32 Å². The number of carboxylic acid groups (broad SMARTS) is 1. The van der Waals surface area contributed by atoms with Gasteiger partial charge in [-0.1, -0.05) is 12.1 Å². The standard InChI is InChI=1S/C15H19NO5/c1-20-12-6-4-11(5-7-12)15(10-2-3-10)16-13(17)8-21-9-14(18)19/h4-7,10,15H,2-3,8-9H2,1H3,(H,16,17)(H,18,19). The molecular formula is C15H19NO5. The molecule has 0 heterocycles. The molecule has 1 aliphatic carbocycles. The molecule has 1 fully saturated rings. The lowest BCUT2D eigenvalue weighted by Crippen LogP contribution is -2.33. The Labute approximate surface area is 123 Å². The Morgan fingerprint density at radius 3 is 2.48 bits per heavy atom. The molecule has 2 N–H and O–H groups in total. The van der Waals surface area contributed by atoms with E-state index in [-0.39, 0.29) is 18.6 Å². The van der Waals surface area contributed by atoms with Gasteiger partial charge in [0.05, 0.1) is 13.2 Å². The highest BCUT2D eigenvalue weighted by Crippen LogP contribution is 2.41. The molecule has 2 rings (SSSR count). The minimum absolute atomic E-state index is 0.0585. The van der Waals surface area contributed by atoms with Crippen LogP contribution in [0.5, 0.6) is 5.75 Å². The zero-order chi connectivity index (χ0) is 15.2. The second-order valence-corrected chi connectivity index (χ2v) is 5.04. The molecule has 0 radical (unpaired) electrons. The SMILES string of the molecule is COc1ccc(C(NC(=O)COCC(=O)O)C2CC2)cc1. The molecule has 21 heavy (non-hydrogen) atoms. The van der Waals surface area contributed by atoms with E-state index in [1.807, 2.05) is 24.3 Å². The van der Waals surface area contributed by atoms with Gasteiger partial charge in [0, 0.05) is 0 Å². The van der Waals surface area contributed by atoms with Crippen LogP contribution < -0.4 is 10.1 Å². The summed E-state index contributed by atoms with van der Waals surface area (Å²) >= 11 is 0. The zero-order valence-electron chi connectivity index (χ0n) is 11.9. The first-order chi connectivity index (χ1) is 10.1. The van der Waals surface area contributed by atoms with E-state index in [0.29, 0.717) is 5.92 Å². The van der Waals surface area contributed by atoms with Crippen molar-refractivity contribution < 1.29 is 24.2 Å². The minimum atomic E-state index is -1.09. The minimum Gasteiger partial charge on any atom is -0.497 e. The summed E-state index contributed by atoms with van der Waals surface area (Å²) in [5.41, 5.74) is 1.02. The molecule has 0 spiro atoms. The van der Waals surface area contributed by atoms with E-state index in [1.165, 1.54) is 0 Å². The van der Waals surface area contributed by atoms with Crippen LogP contribution in [-0.2, 0) is 14.3 Å². The maximum atomic E-state index is 11.8. The Balaban J connectivity index is 1.92. The first-order valence-corrected chi connectivity index (χ1v) is 6.83. The molecule has 1 aromatic rings. The lowest BCUT2D eigenvalue weighted by atomic mass is 10.0. The van der Waals surface area contributed by atoms with E-state index in [9.17, 15) is 9.59 Å². The van der Waals surface area contributed by atoms with Gasteiger partial charge in [0.15, 0.2) is 0 Å². The number of methoxy groups -OCH3 is 1. The fourth-order valence-corrected chi connectivity index (χ4v) is 2.16. The summed E-state index contributed by atoms with van der Waals surface area (Å²) in [4.78, 5) is 22.1. The Hall–Kier alpha value is -2.08. The van der Waals surface area contributed by atoms with Crippen LogP contribution in [0.4, 0.5) is 0 Å². The number of aliphatic carboxylic acids is 1. The predicted octanol–water partition coefficient (Wildman–Crippen LogP) is 1.36. The number of ether oxygens (including phenoxy) is 2. The molecule has 114 valence electrons. The number of hydrogen-bond acceptors (Lipinski definition) is 4. The van der Waals surface area contributed by atoms with Gasteiger partial charge in [-0.05, 0) is 36.5 Å². The van der Waals surface area contributed by atoms with Crippen LogP contribution in [0.15, 0.2) is 24.3 Å². The van der Waals surface area contributed by atoms with Crippen molar-refractivity contribution >= 4 is 11.9 Å². The summed E-state index contributed by atoms with van der Waals surface area (Å²) in [5.74, 6) is -0.188. The second kappa shape index (κ2) is 7.08. The summed E-state index contributed by atoms with van der Waals surface area (Å²) in [7, 11) is 1.61. The molecule has 0 aliphatic heterocycles.